The highest BCUT2D eigenvalue weighted by atomic mass is 16.4. The molecule has 0 bridgehead atoms. The number of carbonyl (C=O) groups excluding carboxylic acids is 1. The zero-order valence-electron chi connectivity index (χ0n) is 12.7. The molecule has 0 aliphatic heterocycles. The molecule has 1 atom stereocenters. The third kappa shape index (κ3) is 4.19. The van der Waals surface area contributed by atoms with Gasteiger partial charge in [-0.3, -0.25) is 4.79 Å². The van der Waals surface area contributed by atoms with E-state index in [1.165, 1.54) is 0 Å². The molecular formula is C18H19NO3. The second-order valence-electron chi connectivity index (χ2n) is 5.43. The average Bonchev–Trinajstić information content (AvgIpc) is 2.46. The number of nitrogens with one attached hydrogen (secondary N) is 1. The molecule has 0 saturated carbocycles. The van der Waals surface area contributed by atoms with Crippen LogP contribution in [0.1, 0.15) is 27.0 Å². The van der Waals surface area contributed by atoms with Crippen LogP contribution >= 0.6 is 0 Å². The van der Waals surface area contributed by atoms with Crippen molar-refractivity contribution in [3.63, 3.8) is 0 Å². The molecule has 2 aromatic rings. The van der Waals surface area contributed by atoms with Crippen LogP contribution in [0, 0.1) is 13.8 Å². The fourth-order valence-electron chi connectivity index (χ4n) is 2.40. The van der Waals surface area contributed by atoms with Crippen molar-refractivity contribution in [1.82, 2.24) is 5.32 Å². The Kier molecular flexibility index (Phi) is 4.94. The number of amides is 1. The van der Waals surface area contributed by atoms with Crippen molar-refractivity contribution < 1.29 is 14.7 Å². The second kappa shape index (κ2) is 6.89. The number of rotatable bonds is 5. The van der Waals surface area contributed by atoms with E-state index in [0.717, 1.165) is 16.7 Å². The maximum absolute atomic E-state index is 12.3. The summed E-state index contributed by atoms with van der Waals surface area (Å²) in [5.41, 5.74) is 3.30. The second-order valence-corrected chi connectivity index (χ2v) is 5.43. The molecule has 0 fully saturated rings. The van der Waals surface area contributed by atoms with Gasteiger partial charge < -0.3 is 10.4 Å². The Balaban J connectivity index is 2.13. The minimum absolute atomic E-state index is 0.257. The highest BCUT2D eigenvalue weighted by molar-refractivity contribution is 5.97. The van der Waals surface area contributed by atoms with Crippen LogP contribution in [-0.4, -0.2) is 23.0 Å². The fourth-order valence-corrected chi connectivity index (χ4v) is 2.40. The highest BCUT2D eigenvalue weighted by Crippen LogP contribution is 2.10. The van der Waals surface area contributed by atoms with Crippen molar-refractivity contribution >= 4 is 11.9 Å². The molecule has 0 heterocycles. The minimum atomic E-state index is -1.04. The molecule has 22 heavy (non-hydrogen) atoms. The molecule has 0 aliphatic carbocycles. The van der Waals surface area contributed by atoms with E-state index < -0.39 is 12.0 Å². The van der Waals surface area contributed by atoms with Crippen LogP contribution < -0.4 is 5.32 Å². The van der Waals surface area contributed by atoms with Crippen molar-refractivity contribution in [2.24, 2.45) is 0 Å². The number of carboxylic acid groups (broad SMARTS) is 1. The summed E-state index contributed by atoms with van der Waals surface area (Å²) in [5.74, 6) is -1.41. The molecular weight excluding hydrogens is 278 g/mol. The zero-order valence-corrected chi connectivity index (χ0v) is 12.7. The van der Waals surface area contributed by atoms with Gasteiger partial charge in [0.15, 0.2) is 0 Å². The van der Waals surface area contributed by atoms with Crippen LogP contribution in [0.5, 0.6) is 0 Å². The van der Waals surface area contributed by atoms with Crippen molar-refractivity contribution in [1.29, 1.82) is 0 Å². The Hall–Kier alpha value is -2.62. The Morgan fingerprint density at radius 2 is 1.64 bits per heavy atom. The summed E-state index contributed by atoms with van der Waals surface area (Å²) in [6.07, 6.45) is 0.257. The molecule has 2 rings (SSSR count). The van der Waals surface area contributed by atoms with Gasteiger partial charge in [0.25, 0.3) is 5.91 Å². The molecule has 2 N–H and O–H groups in total. The number of aliphatic carboxylic acids is 1. The van der Waals surface area contributed by atoms with Crippen LogP contribution in [-0.2, 0) is 11.2 Å². The van der Waals surface area contributed by atoms with Gasteiger partial charge in [0.05, 0.1) is 0 Å². The predicted molar refractivity (Wildman–Crippen MR) is 85.0 cm³/mol. The van der Waals surface area contributed by atoms with Gasteiger partial charge in [0, 0.05) is 12.0 Å². The van der Waals surface area contributed by atoms with Gasteiger partial charge in [-0.05, 0) is 31.5 Å². The number of hydrogen-bond acceptors (Lipinski definition) is 2. The van der Waals surface area contributed by atoms with Crippen molar-refractivity contribution in [3.05, 3.63) is 70.8 Å². The summed E-state index contributed by atoms with van der Waals surface area (Å²) in [6, 6.07) is 13.8. The Morgan fingerprint density at radius 1 is 1.05 bits per heavy atom. The van der Waals surface area contributed by atoms with Gasteiger partial charge in [-0.2, -0.15) is 0 Å². The fraction of sp³-hybridized carbons (Fsp3) is 0.222. The Morgan fingerprint density at radius 3 is 2.18 bits per heavy atom. The Bertz CT molecular complexity index is 660. The Labute approximate surface area is 129 Å². The monoisotopic (exact) mass is 297 g/mol. The smallest absolute Gasteiger partial charge is 0.326 e. The first-order valence-corrected chi connectivity index (χ1v) is 7.11. The van der Waals surface area contributed by atoms with Crippen LogP contribution in [0.3, 0.4) is 0 Å². The van der Waals surface area contributed by atoms with Gasteiger partial charge in [0.1, 0.15) is 6.04 Å². The van der Waals surface area contributed by atoms with Gasteiger partial charge in [-0.1, -0.05) is 47.5 Å². The largest absolute Gasteiger partial charge is 0.480 e. The molecule has 0 saturated heterocycles. The van der Waals surface area contributed by atoms with E-state index in [4.69, 9.17) is 0 Å². The van der Waals surface area contributed by atoms with E-state index in [0.29, 0.717) is 5.56 Å². The number of hydrogen-bond donors (Lipinski definition) is 2. The molecule has 114 valence electrons. The summed E-state index contributed by atoms with van der Waals surface area (Å²) in [4.78, 5) is 23.7. The first kappa shape index (κ1) is 15.8. The summed E-state index contributed by atoms with van der Waals surface area (Å²) in [7, 11) is 0. The lowest BCUT2D eigenvalue weighted by Gasteiger charge is -2.15. The van der Waals surface area contributed by atoms with Crippen molar-refractivity contribution in [2.75, 3.05) is 0 Å². The summed E-state index contributed by atoms with van der Waals surface area (Å²) in [5, 5.41) is 11.9. The number of carbonyl (C=O) groups is 2. The molecule has 0 spiro atoms. The van der Waals surface area contributed by atoms with E-state index in [1.54, 1.807) is 12.1 Å². The van der Waals surface area contributed by atoms with Crippen LogP contribution in [0.2, 0.25) is 0 Å². The van der Waals surface area contributed by atoms with Crippen LogP contribution in [0.4, 0.5) is 0 Å². The maximum Gasteiger partial charge on any atom is 0.326 e. The average molecular weight is 297 g/mol. The third-order valence-corrected chi connectivity index (χ3v) is 3.37. The van der Waals surface area contributed by atoms with Crippen LogP contribution in [0.15, 0.2) is 48.5 Å². The van der Waals surface area contributed by atoms with Crippen LogP contribution in [0.25, 0.3) is 0 Å². The summed E-state index contributed by atoms with van der Waals surface area (Å²) >= 11 is 0. The van der Waals surface area contributed by atoms with E-state index in [-0.39, 0.29) is 12.3 Å². The summed E-state index contributed by atoms with van der Waals surface area (Å²) in [6.45, 7) is 3.81. The minimum Gasteiger partial charge on any atom is -0.480 e. The third-order valence-electron chi connectivity index (χ3n) is 3.37. The summed E-state index contributed by atoms with van der Waals surface area (Å²) < 4.78 is 0. The zero-order chi connectivity index (χ0) is 16.1. The van der Waals surface area contributed by atoms with E-state index >= 15 is 0 Å². The van der Waals surface area contributed by atoms with E-state index in [9.17, 15) is 14.7 Å². The van der Waals surface area contributed by atoms with Gasteiger partial charge in [-0.25, -0.2) is 4.79 Å². The molecule has 0 aliphatic rings. The lowest BCUT2D eigenvalue weighted by atomic mass is 10.0. The number of aryl methyl sites for hydroxylation is 2. The topological polar surface area (TPSA) is 66.4 Å². The molecule has 4 heteroatoms. The van der Waals surface area contributed by atoms with Crippen molar-refractivity contribution in [3.8, 4) is 0 Å². The molecule has 2 aromatic carbocycles. The molecule has 0 radical (unpaired) electrons. The molecule has 1 amide bonds. The van der Waals surface area contributed by atoms with Gasteiger partial charge >= 0.3 is 5.97 Å². The lowest BCUT2D eigenvalue weighted by molar-refractivity contribution is -0.139. The maximum atomic E-state index is 12.3. The lowest BCUT2D eigenvalue weighted by Crippen LogP contribution is -2.42. The van der Waals surface area contributed by atoms with Gasteiger partial charge in [0.2, 0.25) is 0 Å². The first-order chi connectivity index (χ1) is 10.5. The van der Waals surface area contributed by atoms with E-state index in [2.05, 4.69) is 5.32 Å². The SMILES string of the molecule is Cc1cc(C)cc(C(=O)N[C@@H](Cc2ccccc2)C(=O)O)c1. The number of carboxylic acids is 1. The van der Waals surface area contributed by atoms with E-state index in [1.807, 2.05) is 50.2 Å². The molecule has 0 aromatic heterocycles. The van der Waals surface area contributed by atoms with Gasteiger partial charge in [-0.15, -0.1) is 0 Å². The standard InChI is InChI=1S/C18H19NO3/c1-12-8-13(2)10-15(9-12)17(20)19-16(18(21)22)11-14-6-4-3-5-7-14/h3-10,16H,11H2,1-2H3,(H,19,20)(H,21,22)/t16-/m0/s1. The highest BCUT2D eigenvalue weighted by Gasteiger charge is 2.21. The molecule has 0 unspecified atom stereocenters. The number of benzene rings is 2. The first-order valence-electron chi connectivity index (χ1n) is 7.11. The predicted octanol–water partition coefficient (Wildman–Crippen LogP) is 2.73. The molecule has 4 nitrogen and oxygen atoms in total. The normalized spacial score (nSPS) is 11.7. The van der Waals surface area contributed by atoms with Crippen molar-refractivity contribution in [2.45, 2.75) is 26.3 Å². The quantitative estimate of drug-likeness (QED) is 0.891.